The molecule has 1 saturated carbocycles. The minimum Gasteiger partial charge on any atom is -0.337 e. The van der Waals surface area contributed by atoms with E-state index in [1.54, 1.807) is 13.0 Å². The zero-order valence-electron chi connectivity index (χ0n) is 12.6. The van der Waals surface area contributed by atoms with Gasteiger partial charge >= 0.3 is 0 Å². The Kier molecular flexibility index (Phi) is 5.63. The summed E-state index contributed by atoms with van der Waals surface area (Å²) in [5.41, 5.74) is -0.747. The van der Waals surface area contributed by atoms with Crippen molar-refractivity contribution in [2.24, 2.45) is 5.92 Å². The van der Waals surface area contributed by atoms with E-state index < -0.39 is 5.54 Å². The van der Waals surface area contributed by atoms with Crippen LogP contribution in [0.15, 0.2) is 24.8 Å². The molecular weight excluding hydrogens is 318 g/mol. The first-order valence-electron chi connectivity index (χ1n) is 7.26. The van der Waals surface area contributed by atoms with Crippen LogP contribution in [0.1, 0.15) is 24.6 Å². The zero-order chi connectivity index (χ0) is 16.2. The van der Waals surface area contributed by atoms with Gasteiger partial charge in [0.25, 0.3) is 0 Å². The lowest BCUT2D eigenvalue weighted by molar-refractivity contribution is -0.123. The average molecular weight is 338 g/mol. The predicted molar refractivity (Wildman–Crippen MR) is 89.7 cm³/mol. The molecule has 6 heteroatoms. The molecule has 0 aliphatic heterocycles. The maximum atomic E-state index is 12.3. The molecule has 2 rings (SSSR count). The van der Waals surface area contributed by atoms with Crippen LogP contribution in [-0.2, 0) is 11.3 Å². The first kappa shape index (κ1) is 17.0. The quantitative estimate of drug-likeness (QED) is 0.741. The van der Waals surface area contributed by atoms with Gasteiger partial charge in [0.2, 0.25) is 5.91 Å². The Labute approximate surface area is 140 Å². The molecule has 0 unspecified atom stereocenters. The lowest BCUT2D eigenvalue weighted by Crippen LogP contribution is -2.50. The van der Waals surface area contributed by atoms with Crippen LogP contribution in [0.4, 0.5) is 0 Å². The molecule has 1 aromatic rings. The second kappa shape index (κ2) is 7.28. The van der Waals surface area contributed by atoms with Crippen molar-refractivity contribution < 1.29 is 4.79 Å². The molecule has 1 atom stereocenters. The van der Waals surface area contributed by atoms with Crippen LogP contribution in [0.5, 0.6) is 0 Å². The van der Waals surface area contributed by atoms with Crippen molar-refractivity contribution in [2.45, 2.75) is 31.8 Å². The van der Waals surface area contributed by atoms with Crippen molar-refractivity contribution >= 4 is 28.8 Å². The third kappa shape index (κ3) is 4.57. The monoisotopic (exact) mass is 337 g/mol. The molecule has 1 fully saturated rings. The van der Waals surface area contributed by atoms with Crippen LogP contribution in [0, 0.1) is 17.2 Å². The highest BCUT2D eigenvalue weighted by Crippen LogP contribution is 2.39. The third-order valence-electron chi connectivity index (χ3n) is 3.79. The maximum absolute atomic E-state index is 12.3. The molecule has 118 valence electrons. The number of carbonyl (C=O) groups is 1. The first-order chi connectivity index (χ1) is 10.5. The first-order valence-corrected chi connectivity index (χ1v) is 8.46. The van der Waals surface area contributed by atoms with Crippen molar-refractivity contribution in [3.8, 4) is 6.07 Å². The fourth-order valence-electron chi connectivity index (χ4n) is 2.44. The van der Waals surface area contributed by atoms with Gasteiger partial charge in [-0.05, 0) is 37.8 Å². The lowest BCUT2D eigenvalue weighted by Gasteiger charge is -2.25. The van der Waals surface area contributed by atoms with Gasteiger partial charge < -0.3 is 5.32 Å². The Bertz CT molecular complexity index is 590. The van der Waals surface area contributed by atoms with Crippen molar-refractivity contribution in [2.75, 3.05) is 13.1 Å². The van der Waals surface area contributed by atoms with Crippen LogP contribution in [0.2, 0.25) is 4.34 Å². The Morgan fingerprint density at radius 2 is 2.41 bits per heavy atom. The number of nitrogens with zero attached hydrogens (tertiary/aromatic N) is 2. The van der Waals surface area contributed by atoms with Crippen LogP contribution >= 0.6 is 22.9 Å². The lowest BCUT2D eigenvalue weighted by atomic mass is 9.98. The standard InChI is InChI=1S/C16H20ClN3OS/c1-3-8-20(9-13-6-7-14(17)22-13)10-15(21)19-16(2,11-18)12-4-5-12/h3,6-7,12H,1,4-5,8-10H2,2H3,(H,19,21)/t16-/m1/s1. The van der Waals surface area contributed by atoms with Gasteiger partial charge in [0.15, 0.2) is 0 Å². The number of hydrogen-bond donors (Lipinski definition) is 1. The van der Waals surface area contributed by atoms with E-state index in [1.807, 2.05) is 17.0 Å². The van der Waals surface area contributed by atoms with Gasteiger partial charge in [-0.3, -0.25) is 9.69 Å². The highest BCUT2D eigenvalue weighted by molar-refractivity contribution is 7.16. The van der Waals surface area contributed by atoms with E-state index in [0.29, 0.717) is 13.1 Å². The molecule has 0 spiro atoms. The van der Waals surface area contributed by atoms with Crippen molar-refractivity contribution in [3.63, 3.8) is 0 Å². The SMILES string of the molecule is C=CCN(CC(=O)N[C@](C)(C#N)C1CC1)Cc1ccc(Cl)s1. The van der Waals surface area contributed by atoms with Gasteiger partial charge in [0, 0.05) is 18.0 Å². The highest BCUT2D eigenvalue weighted by atomic mass is 35.5. The van der Waals surface area contributed by atoms with Gasteiger partial charge in [-0.2, -0.15) is 5.26 Å². The molecule has 0 bridgehead atoms. The fourth-order valence-corrected chi connectivity index (χ4v) is 3.57. The van der Waals surface area contributed by atoms with Crippen LogP contribution in [-0.4, -0.2) is 29.4 Å². The van der Waals surface area contributed by atoms with Gasteiger partial charge in [0.05, 0.1) is 17.0 Å². The molecule has 22 heavy (non-hydrogen) atoms. The van der Waals surface area contributed by atoms with Crippen molar-refractivity contribution in [1.29, 1.82) is 5.26 Å². The molecular formula is C16H20ClN3OS. The number of amides is 1. The van der Waals surface area contributed by atoms with E-state index in [1.165, 1.54) is 11.3 Å². The molecule has 1 aliphatic rings. The number of carbonyl (C=O) groups excluding carboxylic acids is 1. The van der Waals surface area contributed by atoms with Crippen molar-refractivity contribution in [1.82, 2.24) is 10.2 Å². The molecule has 1 aromatic heterocycles. The smallest absolute Gasteiger partial charge is 0.235 e. The third-order valence-corrected chi connectivity index (χ3v) is 5.00. The van der Waals surface area contributed by atoms with Crippen molar-refractivity contribution in [3.05, 3.63) is 34.0 Å². The van der Waals surface area contributed by atoms with Crippen LogP contribution in [0.3, 0.4) is 0 Å². The molecule has 0 aromatic carbocycles. The van der Waals surface area contributed by atoms with E-state index in [-0.39, 0.29) is 18.4 Å². The minimum atomic E-state index is -0.747. The highest BCUT2D eigenvalue weighted by Gasteiger charge is 2.43. The van der Waals surface area contributed by atoms with E-state index in [0.717, 1.165) is 22.1 Å². The summed E-state index contributed by atoms with van der Waals surface area (Å²) >= 11 is 7.45. The molecule has 1 aliphatic carbocycles. The zero-order valence-corrected chi connectivity index (χ0v) is 14.2. The summed E-state index contributed by atoms with van der Waals surface area (Å²) in [7, 11) is 0. The van der Waals surface area contributed by atoms with E-state index in [4.69, 9.17) is 11.6 Å². The fraction of sp³-hybridized carbons (Fsp3) is 0.500. The summed E-state index contributed by atoms with van der Waals surface area (Å²) in [6.07, 6.45) is 3.79. The number of rotatable bonds is 8. The second-order valence-corrected chi connectivity index (χ2v) is 7.60. The molecule has 4 nitrogen and oxygen atoms in total. The Morgan fingerprint density at radius 3 is 2.91 bits per heavy atom. The number of halogens is 1. The summed E-state index contributed by atoms with van der Waals surface area (Å²) in [5.74, 6) is 0.158. The molecule has 1 amide bonds. The average Bonchev–Trinajstić information content (AvgIpc) is 3.24. The van der Waals surface area contributed by atoms with E-state index in [2.05, 4.69) is 18.0 Å². The molecule has 0 radical (unpaired) electrons. The summed E-state index contributed by atoms with van der Waals surface area (Å²) in [5, 5.41) is 12.2. The minimum absolute atomic E-state index is 0.125. The Morgan fingerprint density at radius 1 is 1.68 bits per heavy atom. The summed E-state index contributed by atoms with van der Waals surface area (Å²) in [6, 6.07) is 6.06. The van der Waals surface area contributed by atoms with E-state index in [9.17, 15) is 10.1 Å². The normalized spacial score (nSPS) is 16.8. The Balaban J connectivity index is 1.93. The number of nitriles is 1. The topological polar surface area (TPSA) is 56.1 Å². The van der Waals surface area contributed by atoms with Gasteiger partial charge in [-0.15, -0.1) is 17.9 Å². The van der Waals surface area contributed by atoms with Crippen LogP contribution < -0.4 is 5.32 Å². The number of nitrogens with one attached hydrogen (secondary N) is 1. The Hall–Kier alpha value is -1.35. The molecule has 1 heterocycles. The van der Waals surface area contributed by atoms with Gasteiger partial charge in [-0.1, -0.05) is 17.7 Å². The second-order valence-electron chi connectivity index (χ2n) is 5.80. The van der Waals surface area contributed by atoms with Gasteiger partial charge in [-0.25, -0.2) is 0 Å². The maximum Gasteiger partial charge on any atom is 0.235 e. The summed E-state index contributed by atoms with van der Waals surface area (Å²) in [4.78, 5) is 15.4. The van der Waals surface area contributed by atoms with Crippen LogP contribution in [0.25, 0.3) is 0 Å². The molecule has 0 saturated heterocycles. The van der Waals surface area contributed by atoms with E-state index >= 15 is 0 Å². The number of thiophene rings is 1. The summed E-state index contributed by atoms with van der Waals surface area (Å²) < 4.78 is 0.740. The largest absolute Gasteiger partial charge is 0.337 e. The van der Waals surface area contributed by atoms with Gasteiger partial charge in [0.1, 0.15) is 5.54 Å². The number of hydrogen-bond acceptors (Lipinski definition) is 4. The summed E-state index contributed by atoms with van der Waals surface area (Å²) in [6.45, 7) is 7.03. The predicted octanol–water partition coefficient (Wildman–Crippen LogP) is 3.20. The molecule has 1 N–H and O–H groups in total.